The molecule has 36 heavy (non-hydrogen) atoms. The molecule has 202 valence electrons. The summed E-state index contributed by atoms with van der Waals surface area (Å²) in [5.41, 5.74) is 7.47. The summed E-state index contributed by atoms with van der Waals surface area (Å²) < 4.78 is 5.81. The van der Waals surface area contributed by atoms with Crippen LogP contribution in [-0.4, -0.2) is 40.3 Å². The van der Waals surface area contributed by atoms with Gasteiger partial charge in [0.1, 0.15) is 11.9 Å². The van der Waals surface area contributed by atoms with E-state index in [4.69, 9.17) is 10.5 Å². The van der Waals surface area contributed by atoms with E-state index in [0.29, 0.717) is 24.0 Å². The Labute approximate surface area is 221 Å². The molecule has 0 aromatic heterocycles. The molecule has 0 spiro atoms. The molecular formula is C29H45NO5S. The van der Waals surface area contributed by atoms with Crippen LogP contribution in [0.25, 0.3) is 0 Å². The molecule has 1 heterocycles. The Kier molecular flexibility index (Phi) is 10.6. The number of esters is 1. The van der Waals surface area contributed by atoms with Crippen LogP contribution in [0, 0.1) is 29.1 Å². The fraction of sp³-hybridized carbons (Fsp3) is 0.655. The maximum Gasteiger partial charge on any atom is 0.309 e. The van der Waals surface area contributed by atoms with E-state index in [-0.39, 0.29) is 18.1 Å². The normalized spacial score (nSPS) is 36.4. The van der Waals surface area contributed by atoms with Gasteiger partial charge in [-0.05, 0) is 73.3 Å². The number of aliphatic hydroxyl groups excluding tert-OH is 2. The summed E-state index contributed by atoms with van der Waals surface area (Å²) in [7, 11) is 0. The maximum absolute atomic E-state index is 13.3. The third kappa shape index (κ3) is 8.09. The molecule has 2 aliphatic rings. The second-order valence-corrected chi connectivity index (χ2v) is 12.6. The van der Waals surface area contributed by atoms with E-state index >= 15 is 0 Å². The van der Waals surface area contributed by atoms with Gasteiger partial charge in [-0.2, -0.15) is 0 Å². The van der Waals surface area contributed by atoms with E-state index in [1.807, 2.05) is 20.8 Å². The Morgan fingerprint density at radius 1 is 1.22 bits per heavy atom. The molecule has 0 aromatic rings. The topological polar surface area (TPSA) is 110 Å². The minimum atomic E-state index is -1.23. The van der Waals surface area contributed by atoms with E-state index in [2.05, 4.69) is 19.6 Å². The smallest absolute Gasteiger partial charge is 0.309 e. The van der Waals surface area contributed by atoms with Gasteiger partial charge in [0.15, 0.2) is 0 Å². The predicted molar refractivity (Wildman–Crippen MR) is 147 cm³/mol. The zero-order valence-electron chi connectivity index (χ0n) is 22.9. The summed E-state index contributed by atoms with van der Waals surface area (Å²) in [6.07, 6.45) is 3.45. The van der Waals surface area contributed by atoms with Gasteiger partial charge in [0.25, 0.3) is 0 Å². The average Bonchev–Trinajstić information content (AvgIpc) is 3.56. The summed E-state index contributed by atoms with van der Waals surface area (Å²) in [5.74, 6) is -0.653. The summed E-state index contributed by atoms with van der Waals surface area (Å²) in [5, 5.41) is 23.6. The van der Waals surface area contributed by atoms with Crippen molar-refractivity contribution in [3.8, 4) is 0 Å². The van der Waals surface area contributed by atoms with Crippen molar-refractivity contribution in [1.29, 1.82) is 0 Å². The molecule has 1 aliphatic carbocycles. The molecule has 1 aliphatic heterocycles. The fourth-order valence-electron chi connectivity index (χ4n) is 5.07. The van der Waals surface area contributed by atoms with Crippen LogP contribution in [-0.2, 0) is 14.3 Å². The Balaban J connectivity index is 2.35. The number of hydrogen-bond donors (Lipinski definition) is 3. The number of aliphatic hydroxyl groups is 2. The first-order valence-corrected chi connectivity index (χ1v) is 13.7. The molecule has 4 N–H and O–H groups in total. The Morgan fingerprint density at radius 3 is 2.47 bits per heavy atom. The van der Waals surface area contributed by atoms with Gasteiger partial charge in [0, 0.05) is 18.0 Å². The van der Waals surface area contributed by atoms with Crippen LogP contribution >= 0.6 is 11.8 Å². The van der Waals surface area contributed by atoms with Gasteiger partial charge in [-0.15, -0.1) is 11.8 Å². The van der Waals surface area contributed by atoms with Crippen LogP contribution in [0.5, 0.6) is 0 Å². The molecular weight excluding hydrogens is 474 g/mol. The molecule has 1 saturated carbocycles. The largest absolute Gasteiger partial charge is 0.457 e. The molecule has 0 amide bonds. The second kappa shape index (κ2) is 12.6. The van der Waals surface area contributed by atoms with Crippen LogP contribution in [0.2, 0.25) is 0 Å². The third-order valence-electron chi connectivity index (χ3n) is 7.78. The minimum absolute atomic E-state index is 0.0164. The lowest BCUT2D eigenvalue weighted by molar-refractivity contribution is -0.154. The molecule has 0 aromatic carbocycles. The number of nitrogens with two attached hydrogens (primary N) is 1. The number of cyclic esters (lactones) is 1. The number of carbonyl (C=O) groups is 2. The molecule has 7 atom stereocenters. The lowest BCUT2D eigenvalue weighted by Gasteiger charge is -2.34. The standard InChI is InChI=1S/C29H45NO5S/c1-16(2)36-15-22(30)12-18(4)24-10-9-17(3)11-21-13-23(21)19(5)27(33)20(6)28(34)29(7,8)25(31)14-26(32)35-24/h9,12,15,19-21,23-25,27,31,33H,1,10-11,13-14,30H2,2-8H3/b17-9-,18-12+,22-15-/t19-,20+,21?,23?,24-,25-,27-/m0/s1. The fourth-order valence-corrected chi connectivity index (χ4v) is 5.48. The van der Waals surface area contributed by atoms with Crippen molar-refractivity contribution in [2.45, 2.75) is 92.5 Å². The Morgan fingerprint density at radius 2 is 1.86 bits per heavy atom. The molecule has 6 nitrogen and oxygen atoms in total. The monoisotopic (exact) mass is 519 g/mol. The number of hydrogen-bond acceptors (Lipinski definition) is 7. The van der Waals surface area contributed by atoms with E-state index < -0.39 is 35.6 Å². The van der Waals surface area contributed by atoms with Crippen molar-refractivity contribution < 1.29 is 24.5 Å². The first kappa shape index (κ1) is 30.4. The van der Waals surface area contributed by atoms with Gasteiger partial charge in [0.05, 0.1) is 24.0 Å². The summed E-state index contributed by atoms with van der Waals surface area (Å²) in [6.45, 7) is 16.7. The molecule has 0 bridgehead atoms. The lowest BCUT2D eigenvalue weighted by Crippen LogP contribution is -2.46. The SMILES string of the molecule is C=C(C)S/C=C(N)/C=C(\C)[C@@H]1C/C=C(/C)CC2CC2[C@H](C)[C@H](O)[C@@H](C)C(=O)C(C)(C)[C@@H](O)CC(=O)O1. The number of thioether (sulfide) groups is 1. The first-order chi connectivity index (χ1) is 16.6. The lowest BCUT2D eigenvalue weighted by atomic mass is 9.72. The molecule has 0 radical (unpaired) electrons. The van der Waals surface area contributed by atoms with Crippen LogP contribution in [0.1, 0.15) is 74.1 Å². The van der Waals surface area contributed by atoms with Gasteiger partial charge in [-0.25, -0.2) is 0 Å². The molecule has 2 unspecified atom stereocenters. The summed E-state index contributed by atoms with van der Waals surface area (Å²) in [6, 6.07) is 0. The van der Waals surface area contributed by atoms with Crippen molar-refractivity contribution in [3.05, 3.63) is 45.9 Å². The van der Waals surface area contributed by atoms with Crippen molar-refractivity contribution in [2.24, 2.45) is 34.8 Å². The summed E-state index contributed by atoms with van der Waals surface area (Å²) in [4.78, 5) is 27.1. The quantitative estimate of drug-likeness (QED) is 0.264. The van der Waals surface area contributed by atoms with Crippen molar-refractivity contribution >= 4 is 23.5 Å². The molecule has 2 rings (SSSR count). The van der Waals surface area contributed by atoms with E-state index in [9.17, 15) is 19.8 Å². The second-order valence-electron chi connectivity index (χ2n) is 11.4. The Bertz CT molecular complexity index is 934. The third-order valence-corrected chi connectivity index (χ3v) is 8.57. The number of carbonyl (C=O) groups excluding carboxylic acids is 2. The molecule has 1 fully saturated rings. The van der Waals surface area contributed by atoms with Gasteiger partial charge < -0.3 is 20.7 Å². The van der Waals surface area contributed by atoms with Crippen molar-refractivity contribution in [3.63, 3.8) is 0 Å². The number of rotatable bonds is 4. The zero-order chi connectivity index (χ0) is 27.4. The van der Waals surface area contributed by atoms with Gasteiger partial charge in [-0.1, -0.05) is 45.9 Å². The van der Waals surface area contributed by atoms with Crippen LogP contribution < -0.4 is 5.73 Å². The number of ether oxygens (including phenoxy) is 1. The highest BCUT2D eigenvalue weighted by atomic mass is 32.2. The Hall–Kier alpha value is -1.83. The highest BCUT2D eigenvalue weighted by Gasteiger charge is 2.47. The molecule has 7 heteroatoms. The van der Waals surface area contributed by atoms with E-state index in [1.54, 1.807) is 32.3 Å². The predicted octanol–water partition coefficient (Wildman–Crippen LogP) is 5.27. The van der Waals surface area contributed by atoms with Gasteiger partial charge in [-0.3, -0.25) is 9.59 Å². The number of Topliss-reactive ketones (excluding diaryl/α,β-unsaturated/α-hetero) is 1. The van der Waals surface area contributed by atoms with Crippen molar-refractivity contribution in [1.82, 2.24) is 0 Å². The van der Waals surface area contributed by atoms with Crippen molar-refractivity contribution in [2.75, 3.05) is 0 Å². The summed E-state index contributed by atoms with van der Waals surface area (Å²) >= 11 is 1.43. The average molecular weight is 520 g/mol. The van der Waals surface area contributed by atoms with E-state index in [1.165, 1.54) is 17.3 Å². The highest BCUT2D eigenvalue weighted by molar-refractivity contribution is 8.05. The van der Waals surface area contributed by atoms with Crippen LogP contribution in [0.4, 0.5) is 0 Å². The first-order valence-electron chi connectivity index (χ1n) is 12.9. The van der Waals surface area contributed by atoms with E-state index in [0.717, 1.165) is 23.3 Å². The van der Waals surface area contributed by atoms with Crippen LogP contribution in [0.15, 0.2) is 45.9 Å². The number of fused-ring (bicyclic) bond motifs is 1. The van der Waals surface area contributed by atoms with Gasteiger partial charge in [0.2, 0.25) is 0 Å². The zero-order valence-corrected chi connectivity index (χ0v) is 23.7. The highest BCUT2D eigenvalue weighted by Crippen LogP contribution is 2.50. The minimum Gasteiger partial charge on any atom is -0.457 e. The van der Waals surface area contributed by atoms with Gasteiger partial charge >= 0.3 is 5.97 Å². The molecule has 0 saturated heterocycles. The number of ketones is 1. The van der Waals surface area contributed by atoms with Crippen LogP contribution in [0.3, 0.4) is 0 Å². The maximum atomic E-state index is 13.3. The number of allylic oxidation sites excluding steroid dienone is 3.